The van der Waals surface area contributed by atoms with E-state index in [1.807, 2.05) is 6.92 Å². The van der Waals surface area contributed by atoms with Crippen molar-refractivity contribution in [3.8, 4) is 17.1 Å². The molecule has 42 heavy (non-hydrogen) atoms. The van der Waals surface area contributed by atoms with Gasteiger partial charge in [-0.15, -0.1) is 0 Å². The molecule has 1 aromatic carbocycles. The Kier molecular flexibility index (Phi) is 7.34. The van der Waals surface area contributed by atoms with Crippen molar-refractivity contribution in [1.82, 2.24) is 14.9 Å². The van der Waals surface area contributed by atoms with Gasteiger partial charge in [-0.1, -0.05) is 13.8 Å². The van der Waals surface area contributed by atoms with Crippen LogP contribution in [0.15, 0.2) is 29.1 Å². The van der Waals surface area contributed by atoms with E-state index in [2.05, 4.69) is 5.32 Å². The number of nitrogens with one attached hydrogen (secondary N) is 1. The van der Waals surface area contributed by atoms with E-state index in [0.29, 0.717) is 34.6 Å². The van der Waals surface area contributed by atoms with Crippen LogP contribution in [0.3, 0.4) is 0 Å². The summed E-state index contributed by atoms with van der Waals surface area (Å²) < 4.78 is 23.6. The lowest BCUT2D eigenvalue weighted by molar-refractivity contribution is -0.190. The minimum atomic E-state index is -1.76. The molecule has 0 fully saturated rings. The summed E-state index contributed by atoms with van der Waals surface area (Å²) in [4.78, 5) is 57.1. The number of aromatic nitrogens is 2. The van der Waals surface area contributed by atoms with Gasteiger partial charge in [0.15, 0.2) is 0 Å². The minimum absolute atomic E-state index is 0.0859. The van der Waals surface area contributed by atoms with Crippen molar-refractivity contribution in [3.63, 3.8) is 0 Å². The summed E-state index contributed by atoms with van der Waals surface area (Å²) in [6.45, 7) is 10.7. The lowest BCUT2D eigenvalue weighted by Crippen LogP contribution is -2.49. The normalized spacial score (nSPS) is 18.0. The summed E-state index contributed by atoms with van der Waals surface area (Å²) in [5, 5.41) is 3.61. The number of rotatable bonds is 6. The van der Waals surface area contributed by atoms with E-state index in [-0.39, 0.29) is 30.7 Å². The van der Waals surface area contributed by atoms with Gasteiger partial charge >= 0.3 is 18.1 Å². The van der Waals surface area contributed by atoms with Gasteiger partial charge in [-0.05, 0) is 77.4 Å². The van der Waals surface area contributed by atoms with Crippen LogP contribution in [0.2, 0.25) is 0 Å². The van der Waals surface area contributed by atoms with Crippen LogP contribution in [0, 0.1) is 0 Å². The molecular formula is C31H35N3O8. The summed E-state index contributed by atoms with van der Waals surface area (Å²) in [5.41, 5.74) is 1.41. The zero-order valence-corrected chi connectivity index (χ0v) is 24.9. The fourth-order valence-electron chi connectivity index (χ4n) is 5.51. The molecule has 2 aliphatic rings. The van der Waals surface area contributed by atoms with Crippen molar-refractivity contribution in [3.05, 3.63) is 56.9 Å². The first-order chi connectivity index (χ1) is 19.8. The number of hydrogen-bond acceptors (Lipinski definition) is 10. The van der Waals surface area contributed by atoms with Gasteiger partial charge in [0.05, 0.1) is 29.0 Å². The molecule has 11 nitrogen and oxygen atoms in total. The molecule has 222 valence electrons. The van der Waals surface area contributed by atoms with Crippen LogP contribution in [-0.2, 0) is 49.0 Å². The van der Waals surface area contributed by atoms with Crippen LogP contribution in [0.5, 0.6) is 5.75 Å². The van der Waals surface area contributed by atoms with E-state index in [1.54, 1.807) is 70.5 Å². The highest BCUT2D eigenvalue weighted by Gasteiger charge is 2.51. The van der Waals surface area contributed by atoms with E-state index in [0.717, 1.165) is 16.5 Å². The predicted octanol–water partition coefficient (Wildman–Crippen LogP) is 4.11. The molecule has 1 N–H and O–H groups in total. The molecule has 2 atom stereocenters. The number of carbonyl (C=O) groups is 3. The molecule has 0 amide bonds. The van der Waals surface area contributed by atoms with E-state index < -0.39 is 35.3 Å². The van der Waals surface area contributed by atoms with Crippen molar-refractivity contribution < 1.29 is 33.3 Å². The van der Waals surface area contributed by atoms with Crippen LogP contribution in [-0.4, -0.2) is 46.3 Å². The molecule has 0 spiro atoms. The Balaban J connectivity index is 1.63. The zero-order valence-electron chi connectivity index (χ0n) is 24.9. The lowest BCUT2D eigenvalue weighted by atomic mass is 9.85. The molecule has 2 aromatic heterocycles. The number of ether oxygens (including phenoxy) is 4. The second-order valence-electron chi connectivity index (χ2n) is 11.5. The summed E-state index contributed by atoms with van der Waals surface area (Å²) in [5.74, 6) is -1.03. The molecular weight excluding hydrogens is 542 g/mol. The van der Waals surface area contributed by atoms with Crippen molar-refractivity contribution in [2.24, 2.45) is 0 Å². The third kappa shape index (κ3) is 4.81. The Morgan fingerprint density at radius 1 is 1.17 bits per heavy atom. The van der Waals surface area contributed by atoms with Gasteiger partial charge in [0.2, 0.25) is 5.60 Å². The number of pyridine rings is 2. The number of hydrogen-bond donors (Lipinski definition) is 1. The predicted molar refractivity (Wildman–Crippen MR) is 153 cm³/mol. The first kappa shape index (κ1) is 29.2. The van der Waals surface area contributed by atoms with Crippen molar-refractivity contribution in [2.75, 3.05) is 7.05 Å². The molecule has 0 saturated heterocycles. The number of nitrogens with zero attached hydrogens (tertiary/aromatic N) is 2. The highest BCUT2D eigenvalue weighted by molar-refractivity contribution is 5.91. The van der Waals surface area contributed by atoms with Crippen molar-refractivity contribution >= 4 is 29.0 Å². The van der Waals surface area contributed by atoms with Gasteiger partial charge in [0.1, 0.15) is 24.0 Å². The lowest BCUT2D eigenvalue weighted by Gasteiger charge is -2.36. The van der Waals surface area contributed by atoms with Gasteiger partial charge < -0.3 is 28.8 Å². The van der Waals surface area contributed by atoms with E-state index >= 15 is 0 Å². The molecule has 0 bridgehead atoms. The molecule has 2 aliphatic heterocycles. The molecule has 3 aromatic rings. The average molecular weight is 578 g/mol. The Hall–Kier alpha value is -4.25. The SMILES string of the molecule is CCc1c2c(nc3ccc(OC(=O)OC(C)(C)C)cc13)-c1cc3c(c(=O)n1C2)COC(=O)[C@@]3(CC)OC(=O)[C@H](C)NC. The Labute approximate surface area is 243 Å². The zero-order chi connectivity index (χ0) is 30.6. The number of likely N-dealkylation sites (N-methyl/N-ethyl adjacent to an activating group) is 1. The van der Waals surface area contributed by atoms with E-state index in [4.69, 9.17) is 23.9 Å². The number of carbonyl (C=O) groups excluding carboxylic acids is 3. The summed E-state index contributed by atoms with van der Waals surface area (Å²) in [6, 6.07) is 6.21. The average Bonchev–Trinajstić information content (AvgIpc) is 3.30. The van der Waals surface area contributed by atoms with Gasteiger partial charge in [0, 0.05) is 16.5 Å². The molecule has 0 aliphatic carbocycles. The quantitative estimate of drug-likeness (QED) is 0.203. The third-order valence-corrected chi connectivity index (χ3v) is 7.75. The van der Waals surface area contributed by atoms with Gasteiger partial charge in [-0.2, -0.15) is 0 Å². The fraction of sp³-hybridized carbons (Fsp3) is 0.452. The number of aryl methyl sites for hydroxylation is 1. The standard InChI is InChI=1S/C31H35N3O8/c1-8-18-19-12-17(40-29(38)42-30(4,5)6)10-11-23(19)33-25-20(18)14-34-24(25)13-22-21(26(34)35)15-39-28(37)31(22,9-2)41-27(36)16(3)32-7/h10-13,16,32H,8-9,14-15H2,1-7H3/t16-,31-/m0/s1. The number of fused-ring (bicyclic) bond motifs is 5. The fourth-order valence-corrected chi connectivity index (χ4v) is 5.51. The maximum absolute atomic E-state index is 13.9. The summed E-state index contributed by atoms with van der Waals surface area (Å²) in [7, 11) is 1.61. The first-order valence-corrected chi connectivity index (χ1v) is 14.0. The number of esters is 2. The molecule has 4 heterocycles. The van der Waals surface area contributed by atoms with Crippen molar-refractivity contribution in [1.29, 1.82) is 0 Å². The molecule has 11 heteroatoms. The highest BCUT2D eigenvalue weighted by Crippen LogP contribution is 2.42. The monoisotopic (exact) mass is 577 g/mol. The van der Waals surface area contributed by atoms with Crippen LogP contribution >= 0.6 is 0 Å². The topological polar surface area (TPSA) is 135 Å². The summed E-state index contributed by atoms with van der Waals surface area (Å²) in [6.07, 6.45) is -0.0954. The van der Waals surface area contributed by atoms with Gasteiger partial charge in [-0.3, -0.25) is 9.59 Å². The number of cyclic esters (lactones) is 1. The molecule has 0 unspecified atom stereocenters. The number of benzene rings is 1. The smallest absolute Gasteiger partial charge is 0.457 e. The maximum Gasteiger partial charge on any atom is 0.514 e. The Morgan fingerprint density at radius 2 is 1.90 bits per heavy atom. The minimum Gasteiger partial charge on any atom is -0.457 e. The van der Waals surface area contributed by atoms with E-state index in [9.17, 15) is 19.2 Å². The van der Waals surface area contributed by atoms with Crippen LogP contribution < -0.4 is 15.6 Å². The molecule has 5 rings (SSSR count). The van der Waals surface area contributed by atoms with Crippen LogP contribution in [0.1, 0.15) is 70.2 Å². The highest BCUT2D eigenvalue weighted by atomic mass is 16.7. The molecule has 0 radical (unpaired) electrons. The van der Waals surface area contributed by atoms with E-state index in [1.165, 1.54) is 0 Å². The third-order valence-electron chi connectivity index (χ3n) is 7.75. The summed E-state index contributed by atoms with van der Waals surface area (Å²) >= 11 is 0. The van der Waals surface area contributed by atoms with Gasteiger partial charge in [-0.25, -0.2) is 14.6 Å². The maximum atomic E-state index is 13.9. The second-order valence-corrected chi connectivity index (χ2v) is 11.5. The van der Waals surface area contributed by atoms with Crippen molar-refractivity contribution in [2.45, 2.75) is 84.8 Å². The van der Waals surface area contributed by atoms with Crippen LogP contribution in [0.25, 0.3) is 22.3 Å². The first-order valence-electron chi connectivity index (χ1n) is 14.0. The van der Waals surface area contributed by atoms with Gasteiger partial charge in [0.25, 0.3) is 5.56 Å². The second kappa shape index (κ2) is 10.5. The Bertz CT molecular complexity index is 1690. The Morgan fingerprint density at radius 3 is 2.55 bits per heavy atom. The largest absolute Gasteiger partial charge is 0.514 e. The molecule has 0 saturated carbocycles. The van der Waals surface area contributed by atoms with Crippen LogP contribution in [0.4, 0.5) is 4.79 Å².